The van der Waals surface area contributed by atoms with E-state index in [-0.39, 0.29) is 0 Å². The number of unbranched alkanes of at least 4 members (excludes halogenated alkanes) is 7. The van der Waals surface area contributed by atoms with Crippen molar-refractivity contribution in [3.8, 4) is 0 Å². The highest BCUT2D eigenvalue weighted by Crippen LogP contribution is 2.32. The van der Waals surface area contributed by atoms with Crippen LogP contribution in [-0.4, -0.2) is 0 Å². The summed E-state index contributed by atoms with van der Waals surface area (Å²) < 4.78 is 0. The zero-order valence-corrected chi connectivity index (χ0v) is 18.2. The van der Waals surface area contributed by atoms with Crippen molar-refractivity contribution < 1.29 is 0 Å². The Balaban J connectivity index is 4.19. The van der Waals surface area contributed by atoms with E-state index in [1.165, 1.54) is 89.9 Å². The van der Waals surface area contributed by atoms with Gasteiger partial charge in [-0.15, -0.1) is 0 Å². The molecule has 0 amide bonds. The summed E-state index contributed by atoms with van der Waals surface area (Å²) in [5.41, 5.74) is 0. The Morgan fingerprint density at radius 2 is 0.958 bits per heavy atom. The third-order valence-corrected chi connectivity index (χ3v) is 6.39. The van der Waals surface area contributed by atoms with Crippen molar-refractivity contribution in [2.75, 3.05) is 0 Å². The lowest BCUT2D eigenvalue weighted by Crippen LogP contribution is -2.18. The Kier molecular flexibility index (Phi) is 16.5. The van der Waals surface area contributed by atoms with Gasteiger partial charge < -0.3 is 0 Å². The van der Waals surface area contributed by atoms with Crippen molar-refractivity contribution in [2.45, 2.75) is 131 Å². The van der Waals surface area contributed by atoms with Crippen LogP contribution in [0.15, 0.2) is 0 Å². The lowest BCUT2D eigenvalue weighted by atomic mass is 9.77. The molecule has 0 N–H and O–H groups in total. The van der Waals surface area contributed by atoms with Gasteiger partial charge >= 0.3 is 0 Å². The van der Waals surface area contributed by atoms with Crippen molar-refractivity contribution in [3.05, 3.63) is 0 Å². The van der Waals surface area contributed by atoms with Crippen molar-refractivity contribution in [3.63, 3.8) is 0 Å². The zero-order chi connectivity index (χ0) is 18.2. The zero-order valence-electron chi connectivity index (χ0n) is 18.2. The SMILES string of the molecule is CCCCCCCCC(CCCC)C(C)CC(C)C(C)CCCC. The van der Waals surface area contributed by atoms with Gasteiger partial charge in [-0.1, -0.05) is 125 Å². The van der Waals surface area contributed by atoms with E-state index in [9.17, 15) is 0 Å². The van der Waals surface area contributed by atoms with Gasteiger partial charge in [0.2, 0.25) is 0 Å². The summed E-state index contributed by atoms with van der Waals surface area (Å²) in [6.07, 6.45) is 20.1. The molecule has 4 atom stereocenters. The molecule has 0 aromatic carbocycles. The summed E-state index contributed by atoms with van der Waals surface area (Å²) in [4.78, 5) is 0. The van der Waals surface area contributed by atoms with Crippen LogP contribution in [0, 0.1) is 23.7 Å². The second-order valence-electron chi connectivity index (χ2n) is 8.77. The fourth-order valence-corrected chi connectivity index (χ4v) is 4.19. The van der Waals surface area contributed by atoms with E-state index in [0.717, 1.165) is 23.7 Å². The van der Waals surface area contributed by atoms with E-state index in [0.29, 0.717) is 0 Å². The van der Waals surface area contributed by atoms with Gasteiger partial charge in [0, 0.05) is 0 Å². The highest BCUT2D eigenvalue weighted by molar-refractivity contribution is 4.72. The standard InChI is InChI=1S/C24H50/c1-7-10-13-14-15-16-19-24(18-12-9-3)23(6)20-22(5)21(4)17-11-8-2/h21-24H,7-20H2,1-6H3. The molecule has 0 heterocycles. The highest BCUT2D eigenvalue weighted by atomic mass is 14.3. The van der Waals surface area contributed by atoms with Crippen LogP contribution in [-0.2, 0) is 0 Å². The Morgan fingerprint density at radius 1 is 0.458 bits per heavy atom. The molecule has 0 saturated carbocycles. The topological polar surface area (TPSA) is 0 Å². The molecule has 0 heteroatoms. The van der Waals surface area contributed by atoms with Crippen molar-refractivity contribution in [1.82, 2.24) is 0 Å². The minimum absolute atomic E-state index is 0.903. The first-order chi connectivity index (χ1) is 11.6. The Labute approximate surface area is 155 Å². The van der Waals surface area contributed by atoms with Crippen LogP contribution in [0.1, 0.15) is 131 Å². The van der Waals surface area contributed by atoms with E-state index >= 15 is 0 Å². The minimum atomic E-state index is 0.903. The molecule has 0 radical (unpaired) electrons. The molecule has 0 rings (SSSR count). The third kappa shape index (κ3) is 12.4. The molecule has 0 aliphatic heterocycles. The Hall–Kier alpha value is 0. The van der Waals surface area contributed by atoms with Gasteiger partial charge in [-0.05, 0) is 30.1 Å². The smallest absolute Gasteiger partial charge is 0.0388 e. The number of hydrogen-bond acceptors (Lipinski definition) is 0. The molecule has 0 bridgehead atoms. The van der Waals surface area contributed by atoms with Crippen LogP contribution < -0.4 is 0 Å². The van der Waals surface area contributed by atoms with Gasteiger partial charge in [0.1, 0.15) is 0 Å². The summed E-state index contributed by atoms with van der Waals surface area (Å²) >= 11 is 0. The molecule has 4 unspecified atom stereocenters. The average Bonchev–Trinajstić information content (AvgIpc) is 2.58. The fourth-order valence-electron chi connectivity index (χ4n) is 4.19. The van der Waals surface area contributed by atoms with E-state index in [4.69, 9.17) is 0 Å². The summed E-state index contributed by atoms with van der Waals surface area (Å²) in [6.45, 7) is 14.5. The monoisotopic (exact) mass is 338 g/mol. The minimum Gasteiger partial charge on any atom is -0.0654 e. The van der Waals surface area contributed by atoms with E-state index in [2.05, 4.69) is 41.5 Å². The van der Waals surface area contributed by atoms with Crippen molar-refractivity contribution >= 4 is 0 Å². The first-order valence-corrected chi connectivity index (χ1v) is 11.6. The van der Waals surface area contributed by atoms with Gasteiger partial charge in [0.15, 0.2) is 0 Å². The molecule has 0 aliphatic rings. The average molecular weight is 339 g/mol. The van der Waals surface area contributed by atoms with E-state index in [1.54, 1.807) is 0 Å². The Bertz CT molecular complexity index is 244. The Morgan fingerprint density at radius 3 is 1.58 bits per heavy atom. The van der Waals surface area contributed by atoms with Crippen LogP contribution in [0.5, 0.6) is 0 Å². The van der Waals surface area contributed by atoms with Crippen molar-refractivity contribution in [1.29, 1.82) is 0 Å². The molecule has 0 aromatic heterocycles. The van der Waals surface area contributed by atoms with Gasteiger partial charge in [0.05, 0.1) is 0 Å². The molecule has 146 valence electrons. The molecule has 0 aliphatic carbocycles. The summed E-state index contributed by atoms with van der Waals surface area (Å²) in [7, 11) is 0. The van der Waals surface area contributed by atoms with Crippen LogP contribution in [0.4, 0.5) is 0 Å². The molecule has 0 spiro atoms. The highest BCUT2D eigenvalue weighted by Gasteiger charge is 2.21. The fraction of sp³-hybridized carbons (Fsp3) is 1.00. The normalized spacial score (nSPS) is 16.8. The van der Waals surface area contributed by atoms with Gasteiger partial charge in [-0.3, -0.25) is 0 Å². The molecular formula is C24H50. The molecule has 0 nitrogen and oxygen atoms in total. The quantitative estimate of drug-likeness (QED) is 0.232. The maximum absolute atomic E-state index is 2.56. The van der Waals surface area contributed by atoms with Gasteiger partial charge in [0.25, 0.3) is 0 Å². The first kappa shape index (κ1) is 24.0. The lowest BCUT2D eigenvalue weighted by Gasteiger charge is -2.29. The van der Waals surface area contributed by atoms with Crippen LogP contribution in [0.25, 0.3) is 0 Å². The van der Waals surface area contributed by atoms with Crippen LogP contribution >= 0.6 is 0 Å². The number of rotatable bonds is 17. The van der Waals surface area contributed by atoms with Crippen molar-refractivity contribution in [2.24, 2.45) is 23.7 Å². The number of hydrogen-bond donors (Lipinski definition) is 0. The molecule has 0 fully saturated rings. The maximum atomic E-state index is 2.56. The third-order valence-electron chi connectivity index (χ3n) is 6.39. The molecule has 24 heavy (non-hydrogen) atoms. The summed E-state index contributed by atoms with van der Waals surface area (Å²) in [5, 5.41) is 0. The largest absolute Gasteiger partial charge is 0.0654 e. The van der Waals surface area contributed by atoms with Gasteiger partial charge in [-0.2, -0.15) is 0 Å². The molecule has 0 aromatic rings. The predicted octanol–water partition coefficient (Wildman–Crippen LogP) is 9.03. The maximum Gasteiger partial charge on any atom is -0.0388 e. The summed E-state index contributed by atoms with van der Waals surface area (Å²) in [5.74, 6) is 3.72. The van der Waals surface area contributed by atoms with E-state index < -0.39 is 0 Å². The summed E-state index contributed by atoms with van der Waals surface area (Å²) in [6, 6.07) is 0. The first-order valence-electron chi connectivity index (χ1n) is 11.6. The second kappa shape index (κ2) is 16.5. The lowest BCUT2D eigenvalue weighted by molar-refractivity contribution is 0.219. The van der Waals surface area contributed by atoms with Crippen LogP contribution in [0.2, 0.25) is 0 Å². The molecular weight excluding hydrogens is 288 g/mol. The molecule has 0 saturated heterocycles. The van der Waals surface area contributed by atoms with Crippen LogP contribution in [0.3, 0.4) is 0 Å². The second-order valence-corrected chi connectivity index (χ2v) is 8.77. The predicted molar refractivity (Wildman–Crippen MR) is 113 cm³/mol. The van der Waals surface area contributed by atoms with Gasteiger partial charge in [-0.25, -0.2) is 0 Å². The van der Waals surface area contributed by atoms with E-state index in [1.807, 2.05) is 0 Å².